The molecule has 16 heavy (non-hydrogen) atoms. The van der Waals surface area contributed by atoms with E-state index in [9.17, 15) is 5.11 Å². The van der Waals surface area contributed by atoms with Gasteiger partial charge in [-0.05, 0) is 54.3 Å². The highest BCUT2D eigenvalue weighted by molar-refractivity contribution is 9.10. The second-order valence-electron chi connectivity index (χ2n) is 3.95. The minimum atomic E-state index is 0.283. The topological polar surface area (TPSA) is 20.2 Å². The van der Waals surface area contributed by atoms with Gasteiger partial charge in [-0.3, -0.25) is 0 Å². The maximum Gasteiger partial charge on any atom is 0.117 e. The van der Waals surface area contributed by atoms with Crippen molar-refractivity contribution in [2.75, 3.05) is 0 Å². The van der Waals surface area contributed by atoms with Crippen molar-refractivity contribution in [3.63, 3.8) is 0 Å². The zero-order valence-corrected chi connectivity index (χ0v) is 10.9. The minimum Gasteiger partial charge on any atom is -0.508 e. The monoisotopic (exact) mass is 276 g/mol. The van der Waals surface area contributed by atoms with Crippen molar-refractivity contribution in [3.8, 4) is 16.9 Å². The molecule has 0 saturated heterocycles. The van der Waals surface area contributed by atoms with Gasteiger partial charge < -0.3 is 5.11 Å². The Bertz CT molecular complexity index is 512. The summed E-state index contributed by atoms with van der Waals surface area (Å²) in [4.78, 5) is 0. The van der Waals surface area contributed by atoms with Crippen LogP contribution in [-0.4, -0.2) is 5.11 Å². The lowest BCUT2D eigenvalue weighted by atomic mass is 9.97. The van der Waals surface area contributed by atoms with Gasteiger partial charge in [-0.25, -0.2) is 0 Å². The molecule has 0 heterocycles. The quantitative estimate of drug-likeness (QED) is 0.817. The molecule has 0 aliphatic rings. The van der Waals surface area contributed by atoms with E-state index in [1.165, 1.54) is 11.1 Å². The molecule has 1 N–H and O–H groups in total. The molecule has 0 aromatic heterocycles. The fourth-order valence-corrected chi connectivity index (χ4v) is 2.27. The summed E-state index contributed by atoms with van der Waals surface area (Å²) in [5.41, 5.74) is 4.71. The molecule has 2 rings (SSSR count). The van der Waals surface area contributed by atoms with Gasteiger partial charge in [0.2, 0.25) is 0 Å². The Morgan fingerprint density at radius 3 is 2.50 bits per heavy atom. The zero-order chi connectivity index (χ0) is 11.7. The average Bonchev–Trinajstić information content (AvgIpc) is 2.20. The standard InChI is InChI=1S/C14H13BrO/c1-9-4-3-5-14(10(9)2)11-6-12(15)8-13(16)7-11/h3-8,16H,1-2H3. The maximum atomic E-state index is 9.59. The van der Waals surface area contributed by atoms with Crippen LogP contribution < -0.4 is 0 Å². The number of aromatic hydroxyl groups is 1. The van der Waals surface area contributed by atoms with Crippen molar-refractivity contribution < 1.29 is 5.11 Å². The molecule has 0 atom stereocenters. The summed E-state index contributed by atoms with van der Waals surface area (Å²) >= 11 is 3.39. The number of benzene rings is 2. The van der Waals surface area contributed by atoms with Crippen molar-refractivity contribution in [2.24, 2.45) is 0 Å². The van der Waals surface area contributed by atoms with Crippen LogP contribution in [0, 0.1) is 13.8 Å². The molecule has 0 spiro atoms. The number of phenolic OH excluding ortho intramolecular Hbond substituents is 1. The first-order valence-electron chi connectivity index (χ1n) is 5.14. The molecular weight excluding hydrogens is 264 g/mol. The molecular formula is C14H13BrO. The molecule has 0 fully saturated rings. The van der Waals surface area contributed by atoms with Gasteiger partial charge in [-0.2, -0.15) is 0 Å². The van der Waals surface area contributed by atoms with Crippen LogP contribution in [0.25, 0.3) is 11.1 Å². The Hall–Kier alpha value is -1.28. The summed E-state index contributed by atoms with van der Waals surface area (Å²) in [5, 5.41) is 9.59. The van der Waals surface area contributed by atoms with Gasteiger partial charge in [0.1, 0.15) is 5.75 Å². The summed E-state index contributed by atoms with van der Waals surface area (Å²) < 4.78 is 0.892. The molecule has 0 saturated carbocycles. The summed E-state index contributed by atoms with van der Waals surface area (Å²) in [6.07, 6.45) is 0. The Morgan fingerprint density at radius 2 is 1.81 bits per heavy atom. The van der Waals surface area contributed by atoms with Crippen molar-refractivity contribution >= 4 is 15.9 Å². The van der Waals surface area contributed by atoms with E-state index >= 15 is 0 Å². The molecule has 0 aliphatic carbocycles. The first kappa shape index (κ1) is 11.2. The number of aryl methyl sites for hydroxylation is 1. The van der Waals surface area contributed by atoms with E-state index in [2.05, 4.69) is 41.9 Å². The molecule has 0 unspecified atom stereocenters. The summed E-state index contributed by atoms with van der Waals surface area (Å²) in [5.74, 6) is 0.283. The SMILES string of the molecule is Cc1cccc(-c2cc(O)cc(Br)c2)c1C. The van der Waals surface area contributed by atoms with Crippen LogP contribution in [0.3, 0.4) is 0 Å². The van der Waals surface area contributed by atoms with Crippen LogP contribution in [0.15, 0.2) is 40.9 Å². The third-order valence-corrected chi connectivity index (χ3v) is 3.26. The number of phenols is 1. The summed E-state index contributed by atoms with van der Waals surface area (Å²) in [6.45, 7) is 4.19. The zero-order valence-electron chi connectivity index (χ0n) is 9.29. The largest absolute Gasteiger partial charge is 0.508 e. The van der Waals surface area contributed by atoms with Crippen LogP contribution in [-0.2, 0) is 0 Å². The fraction of sp³-hybridized carbons (Fsp3) is 0.143. The van der Waals surface area contributed by atoms with Gasteiger partial charge in [0.05, 0.1) is 0 Å². The molecule has 0 amide bonds. The Kier molecular flexibility index (Phi) is 3.01. The minimum absolute atomic E-state index is 0.283. The average molecular weight is 277 g/mol. The Morgan fingerprint density at radius 1 is 1.06 bits per heavy atom. The lowest BCUT2D eigenvalue weighted by molar-refractivity contribution is 0.475. The second-order valence-corrected chi connectivity index (χ2v) is 4.86. The molecule has 2 aromatic rings. The predicted octanol–water partition coefficient (Wildman–Crippen LogP) is 4.44. The van der Waals surface area contributed by atoms with Gasteiger partial charge in [-0.15, -0.1) is 0 Å². The highest BCUT2D eigenvalue weighted by Gasteiger charge is 2.05. The molecule has 0 bridgehead atoms. The smallest absolute Gasteiger partial charge is 0.117 e. The van der Waals surface area contributed by atoms with E-state index in [-0.39, 0.29) is 5.75 Å². The number of hydrogen-bond donors (Lipinski definition) is 1. The van der Waals surface area contributed by atoms with Crippen LogP contribution in [0.5, 0.6) is 5.75 Å². The summed E-state index contributed by atoms with van der Waals surface area (Å²) in [7, 11) is 0. The van der Waals surface area contributed by atoms with Gasteiger partial charge in [0.25, 0.3) is 0 Å². The van der Waals surface area contributed by atoms with Crippen LogP contribution in [0.4, 0.5) is 0 Å². The summed E-state index contributed by atoms with van der Waals surface area (Å²) in [6, 6.07) is 11.7. The number of halogens is 1. The Labute approximate surface area is 104 Å². The first-order chi connectivity index (χ1) is 7.58. The lowest BCUT2D eigenvalue weighted by Gasteiger charge is -2.09. The second kappa shape index (κ2) is 4.30. The van der Waals surface area contributed by atoms with E-state index in [1.54, 1.807) is 12.1 Å². The van der Waals surface area contributed by atoms with Crippen LogP contribution >= 0.6 is 15.9 Å². The van der Waals surface area contributed by atoms with Gasteiger partial charge in [0.15, 0.2) is 0 Å². The van der Waals surface area contributed by atoms with E-state index in [0.717, 1.165) is 15.6 Å². The molecule has 1 nitrogen and oxygen atoms in total. The van der Waals surface area contributed by atoms with Crippen molar-refractivity contribution in [2.45, 2.75) is 13.8 Å². The fourth-order valence-electron chi connectivity index (χ4n) is 1.79. The van der Waals surface area contributed by atoms with Gasteiger partial charge in [0, 0.05) is 4.47 Å². The van der Waals surface area contributed by atoms with Crippen molar-refractivity contribution in [3.05, 3.63) is 52.0 Å². The van der Waals surface area contributed by atoms with Crippen molar-refractivity contribution in [1.29, 1.82) is 0 Å². The first-order valence-corrected chi connectivity index (χ1v) is 5.93. The number of rotatable bonds is 1. The van der Waals surface area contributed by atoms with Gasteiger partial charge in [-0.1, -0.05) is 34.1 Å². The highest BCUT2D eigenvalue weighted by Crippen LogP contribution is 2.30. The third-order valence-electron chi connectivity index (χ3n) is 2.80. The van der Waals surface area contributed by atoms with Crippen molar-refractivity contribution in [1.82, 2.24) is 0 Å². The molecule has 0 aliphatic heterocycles. The van der Waals surface area contributed by atoms with Crippen LogP contribution in [0.1, 0.15) is 11.1 Å². The van der Waals surface area contributed by atoms with E-state index < -0.39 is 0 Å². The van der Waals surface area contributed by atoms with E-state index in [0.29, 0.717) is 0 Å². The molecule has 2 aromatic carbocycles. The molecule has 82 valence electrons. The Balaban J connectivity index is 2.63. The van der Waals surface area contributed by atoms with E-state index in [4.69, 9.17) is 0 Å². The molecule has 2 heteroatoms. The number of hydrogen-bond acceptors (Lipinski definition) is 1. The van der Waals surface area contributed by atoms with Gasteiger partial charge >= 0.3 is 0 Å². The van der Waals surface area contributed by atoms with E-state index in [1.807, 2.05) is 12.1 Å². The molecule has 0 radical (unpaired) electrons. The third kappa shape index (κ3) is 2.12. The predicted molar refractivity (Wildman–Crippen MR) is 70.7 cm³/mol. The highest BCUT2D eigenvalue weighted by atomic mass is 79.9. The lowest BCUT2D eigenvalue weighted by Crippen LogP contribution is -1.86. The normalized spacial score (nSPS) is 10.4. The maximum absolute atomic E-state index is 9.59. The van der Waals surface area contributed by atoms with Crippen LogP contribution in [0.2, 0.25) is 0 Å².